The van der Waals surface area contributed by atoms with Gasteiger partial charge >= 0.3 is 5.97 Å². The van der Waals surface area contributed by atoms with E-state index in [2.05, 4.69) is 52.1 Å². The van der Waals surface area contributed by atoms with Crippen LogP contribution in [0.3, 0.4) is 0 Å². The molecule has 20 heavy (non-hydrogen) atoms. The van der Waals surface area contributed by atoms with Gasteiger partial charge in [-0.15, -0.1) is 0 Å². The van der Waals surface area contributed by atoms with Gasteiger partial charge in [-0.2, -0.15) is 0 Å². The molecule has 112 valence electrons. The summed E-state index contributed by atoms with van der Waals surface area (Å²) < 4.78 is 0. The maximum atomic E-state index is 11.2. The lowest BCUT2D eigenvalue weighted by atomic mass is 9.96. The third-order valence-corrected chi connectivity index (χ3v) is 3.76. The molecule has 0 radical (unpaired) electrons. The van der Waals surface area contributed by atoms with E-state index in [9.17, 15) is 9.90 Å². The average Bonchev–Trinajstić information content (AvgIpc) is 2.33. The zero-order valence-corrected chi connectivity index (χ0v) is 13.3. The van der Waals surface area contributed by atoms with E-state index in [0.717, 1.165) is 6.54 Å². The Morgan fingerprint density at radius 1 is 1.15 bits per heavy atom. The quantitative estimate of drug-likeness (QED) is 0.802. The molecule has 3 heteroatoms. The van der Waals surface area contributed by atoms with E-state index < -0.39 is 5.97 Å². The molecule has 0 aliphatic carbocycles. The van der Waals surface area contributed by atoms with E-state index in [1.54, 1.807) is 0 Å². The number of aryl methyl sites for hydroxylation is 3. The minimum Gasteiger partial charge on any atom is -0.481 e. The summed E-state index contributed by atoms with van der Waals surface area (Å²) >= 11 is 0. The van der Waals surface area contributed by atoms with Crippen LogP contribution in [0.1, 0.15) is 42.5 Å². The molecule has 0 bridgehead atoms. The van der Waals surface area contributed by atoms with Crippen molar-refractivity contribution in [2.45, 2.75) is 47.6 Å². The predicted molar refractivity (Wildman–Crippen MR) is 82.9 cm³/mol. The molecule has 1 aromatic carbocycles. The first-order valence-corrected chi connectivity index (χ1v) is 7.31. The minimum atomic E-state index is -0.706. The first kappa shape index (κ1) is 16.7. The van der Waals surface area contributed by atoms with Crippen molar-refractivity contribution < 1.29 is 9.90 Å². The van der Waals surface area contributed by atoms with Crippen LogP contribution in [0.2, 0.25) is 0 Å². The van der Waals surface area contributed by atoms with Crippen LogP contribution >= 0.6 is 0 Å². The van der Waals surface area contributed by atoms with Gasteiger partial charge in [-0.05, 0) is 55.4 Å². The molecule has 1 unspecified atom stereocenters. The number of carbonyl (C=O) groups is 1. The highest BCUT2D eigenvalue weighted by molar-refractivity contribution is 5.70. The second kappa shape index (κ2) is 7.44. The highest BCUT2D eigenvalue weighted by atomic mass is 16.4. The number of nitrogens with one attached hydrogen (secondary N) is 1. The van der Waals surface area contributed by atoms with Gasteiger partial charge in [0.05, 0.1) is 5.92 Å². The Hall–Kier alpha value is -1.35. The average molecular weight is 277 g/mol. The van der Waals surface area contributed by atoms with Gasteiger partial charge in [-0.25, -0.2) is 0 Å². The van der Waals surface area contributed by atoms with Gasteiger partial charge in [0, 0.05) is 13.1 Å². The standard InChI is InChI=1S/C17H27NO2/c1-11(2)6-16(17(19)20)10-18-9-15-8-13(4)12(3)7-14(15)5/h7-8,11,16,18H,6,9-10H2,1-5H3,(H,19,20). The summed E-state index contributed by atoms with van der Waals surface area (Å²) in [6, 6.07) is 4.38. The number of carboxylic acids is 1. The van der Waals surface area contributed by atoms with Crippen LogP contribution < -0.4 is 5.32 Å². The minimum absolute atomic E-state index is 0.304. The van der Waals surface area contributed by atoms with Gasteiger partial charge in [0.2, 0.25) is 0 Å². The van der Waals surface area contributed by atoms with Crippen molar-refractivity contribution in [3.63, 3.8) is 0 Å². The highest BCUT2D eigenvalue weighted by Crippen LogP contribution is 2.16. The van der Waals surface area contributed by atoms with E-state index in [0.29, 0.717) is 18.9 Å². The normalized spacial score (nSPS) is 12.7. The zero-order valence-electron chi connectivity index (χ0n) is 13.3. The molecule has 0 aliphatic rings. The molecule has 0 saturated carbocycles. The molecule has 2 N–H and O–H groups in total. The van der Waals surface area contributed by atoms with E-state index in [4.69, 9.17) is 0 Å². The first-order valence-electron chi connectivity index (χ1n) is 7.31. The topological polar surface area (TPSA) is 49.3 Å². The molecule has 0 aliphatic heterocycles. The van der Waals surface area contributed by atoms with E-state index >= 15 is 0 Å². The van der Waals surface area contributed by atoms with Gasteiger partial charge in [-0.1, -0.05) is 26.0 Å². The molecule has 0 fully saturated rings. The summed E-state index contributed by atoms with van der Waals surface area (Å²) in [6.45, 7) is 11.7. The molecule has 1 aromatic rings. The van der Waals surface area contributed by atoms with Crippen molar-refractivity contribution >= 4 is 5.97 Å². The van der Waals surface area contributed by atoms with Crippen LogP contribution in [-0.4, -0.2) is 17.6 Å². The Morgan fingerprint density at radius 2 is 1.75 bits per heavy atom. The highest BCUT2D eigenvalue weighted by Gasteiger charge is 2.18. The molecular formula is C17H27NO2. The van der Waals surface area contributed by atoms with Crippen molar-refractivity contribution in [2.24, 2.45) is 11.8 Å². The maximum absolute atomic E-state index is 11.2. The van der Waals surface area contributed by atoms with Gasteiger partial charge in [-0.3, -0.25) is 4.79 Å². The van der Waals surface area contributed by atoms with E-state index in [1.165, 1.54) is 22.3 Å². The number of aliphatic carboxylic acids is 1. The third kappa shape index (κ3) is 4.97. The Labute approximate surface area is 122 Å². The molecule has 1 atom stereocenters. The SMILES string of the molecule is Cc1cc(C)c(CNCC(CC(C)C)C(=O)O)cc1C. The fraction of sp³-hybridized carbons (Fsp3) is 0.588. The zero-order chi connectivity index (χ0) is 15.3. The summed E-state index contributed by atoms with van der Waals surface area (Å²) in [5.74, 6) is -0.605. The third-order valence-electron chi connectivity index (χ3n) is 3.76. The monoisotopic (exact) mass is 277 g/mol. The van der Waals surface area contributed by atoms with Crippen LogP contribution in [0.4, 0.5) is 0 Å². The Balaban J connectivity index is 2.59. The molecule has 1 rings (SSSR count). The second-order valence-electron chi connectivity index (χ2n) is 6.16. The number of benzene rings is 1. The van der Waals surface area contributed by atoms with E-state index in [-0.39, 0.29) is 5.92 Å². The van der Waals surface area contributed by atoms with E-state index in [1.807, 2.05) is 0 Å². The molecule has 3 nitrogen and oxygen atoms in total. The predicted octanol–water partition coefficient (Wildman–Crippen LogP) is 3.45. The largest absolute Gasteiger partial charge is 0.481 e. The fourth-order valence-corrected chi connectivity index (χ4v) is 2.43. The number of rotatable bonds is 7. The summed E-state index contributed by atoms with van der Waals surface area (Å²) in [4.78, 5) is 11.2. The lowest BCUT2D eigenvalue weighted by Gasteiger charge is -2.16. The maximum Gasteiger partial charge on any atom is 0.307 e. The lowest BCUT2D eigenvalue weighted by molar-refractivity contribution is -0.142. The number of hydrogen-bond donors (Lipinski definition) is 2. The van der Waals surface area contributed by atoms with Crippen LogP contribution in [-0.2, 0) is 11.3 Å². The molecule has 0 spiro atoms. The fourth-order valence-electron chi connectivity index (χ4n) is 2.43. The molecular weight excluding hydrogens is 250 g/mol. The van der Waals surface area contributed by atoms with Crippen molar-refractivity contribution in [1.29, 1.82) is 0 Å². The van der Waals surface area contributed by atoms with Crippen LogP contribution in [0, 0.1) is 32.6 Å². The van der Waals surface area contributed by atoms with Crippen molar-refractivity contribution in [2.75, 3.05) is 6.54 Å². The van der Waals surface area contributed by atoms with Gasteiger partial charge in [0.25, 0.3) is 0 Å². The van der Waals surface area contributed by atoms with Gasteiger partial charge < -0.3 is 10.4 Å². The van der Waals surface area contributed by atoms with Gasteiger partial charge in [0.1, 0.15) is 0 Å². The van der Waals surface area contributed by atoms with Gasteiger partial charge in [0.15, 0.2) is 0 Å². The second-order valence-corrected chi connectivity index (χ2v) is 6.16. The summed E-state index contributed by atoms with van der Waals surface area (Å²) in [5, 5.41) is 12.5. The Kier molecular flexibility index (Phi) is 6.21. The number of carboxylic acid groups (broad SMARTS) is 1. The molecule has 0 amide bonds. The van der Waals surface area contributed by atoms with Crippen molar-refractivity contribution in [3.8, 4) is 0 Å². The molecule has 0 heterocycles. The molecule has 0 saturated heterocycles. The van der Waals surface area contributed by atoms with Crippen LogP contribution in [0.15, 0.2) is 12.1 Å². The lowest BCUT2D eigenvalue weighted by Crippen LogP contribution is -2.29. The van der Waals surface area contributed by atoms with Crippen LogP contribution in [0.5, 0.6) is 0 Å². The first-order chi connectivity index (χ1) is 9.31. The van der Waals surface area contributed by atoms with Crippen LogP contribution in [0.25, 0.3) is 0 Å². The Morgan fingerprint density at radius 3 is 2.30 bits per heavy atom. The summed E-state index contributed by atoms with van der Waals surface area (Å²) in [7, 11) is 0. The molecule has 0 aromatic heterocycles. The smallest absolute Gasteiger partial charge is 0.307 e. The Bertz CT molecular complexity index is 466. The van der Waals surface area contributed by atoms with Crippen molar-refractivity contribution in [1.82, 2.24) is 5.32 Å². The van der Waals surface area contributed by atoms with Crippen molar-refractivity contribution in [3.05, 3.63) is 34.4 Å². The summed E-state index contributed by atoms with van der Waals surface area (Å²) in [5.41, 5.74) is 5.09. The summed E-state index contributed by atoms with van der Waals surface area (Å²) in [6.07, 6.45) is 0.717. The number of hydrogen-bond acceptors (Lipinski definition) is 2.